The molecular formula is C13H18N4O. The van der Waals surface area contributed by atoms with Crippen molar-refractivity contribution in [2.24, 2.45) is 7.05 Å². The number of hydrogen-bond donors (Lipinski definition) is 2. The second kappa shape index (κ2) is 5.08. The van der Waals surface area contributed by atoms with Crippen molar-refractivity contribution < 1.29 is 4.79 Å². The minimum atomic E-state index is -0.305. The quantitative estimate of drug-likeness (QED) is 0.859. The Morgan fingerprint density at radius 2 is 2.17 bits per heavy atom. The van der Waals surface area contributed by atoms with Crippen LogP contribution in [0.2, 0.25) is 0 Å². The second-order valence-corrected chi connectivity index (χ2v) is 4.24. The molecular weight excluding hydrogens is 228 g/mol. The van der Waals surface area contributed by atoms with Gasteiger partial charge in [0.1, 0.15) is 6.04 Å². The second-order valence-electron chi connectivity index (χ2n) is 4.24. The number of imidazole rings is 1. The fraction of sp³-hybridized carbons (Fsp3) is 0.385. The zero-order valence-electron chi connectivity index (χ0n) is 10.9. The smallest absolute Gasteiger partial charge is 0.242 e. The third-order valence-corrected chi connectivity index (χ3v) is 2.88. The highest BCUT2D eigenvalue weighted by Crippen LogP contribution is 2.17. The number of hydrogen-bond acceptors (Lipinski definition) is 3. The standard InChI is InChI=1S/C13H18N4O/c1-4-14-12(18)9(2)15-13-16-10-7-5-6-8-11(10)17(13)3/h5-9H,4H2,1-3H3,(H,14,18)(H,15,16). The van der Waals surface area contributed by atoms with Crippen molar-refractivity contribution in [1.82, 2.24) is 14.9 Å². The molecule has 0 spiro atoms. The fourth-order valence-electron chi connectivity index (χ4n) is 1.86. The van der Waals surface area contributed by atoms with E-state index in [4.69, 9.17) is 0 Å². The molecule has 0 bridgehead atoms. The molecule has 5 nitrogen and oxygen atoms in total. The maximum absolute atomic E-state index is 11.7. The first kappa shape index (κ1) is 12.4. The monoisotopic (exact) mass is 246 g/mol. The van der Waals surface area contributed by atoms with Crippen LogP contribution in [0.5, 0.6) is 0 Å². The third kappa shape index (κ3) is 2.30. The van der Waals surface area contributed by atoms with Crippen molar-refractivity contribution in [3.63, 3.8) is 0 Å². The van der Waals surface area contributed by atoms with Crippen molar-refractivity contribution in [2.75, 3.05) is 11.9 Å². The van der Waals surface area contributed by atoms with Crippen LogP contribution in [0, 0.1) is 0 Å². The maximum atomic E-state index is 11.7. The number of nitrogens with zero attached hydrogens (tertiary/aromatic N) is 2. The molecule has 0 aliphatic carbocycles. The number of benzene rings is 1. The van der Waals surface area contributed by atoms with Crippen LogP contribution in [0.3, 0.4) is 0 Å². The average Bonchev–Trinajstić information content (AvgIpc) is 2.67. The molecule has 0 fully saturated rings. The summed E-state index contributed by atoms with van der Waals surface area (Å²) in [6, 6.07) is 7.58. The lowest BCUT2D eigenvalue weighted by Crippen LogP contribution is -2.37. The summed E-state index contributed by atoms with van der Waals surface area (Å²) in [7, 11) is 1.93. The van der Waals surface area contributed by atoms with E-state index in [1.807, 2.05) is 49.7 Å². The molecule has 1 aromatic carbocycles. The lowest BCUT2D eigenvalue weighted by Gasteiger charge is -2.13. The molecule has 0 saturated carbocycles. The van der Waals surface area contributed by atoms with Crippen molar-refractivity contribution in [3.05, 3.63) is 24.3 Å². The van der Waals surface area contributed by atoms with Gasteiger partial charge in [0.15, 0.2) is 0 Å². The van der Waals surface area contributed by atoms with Crippen LogP contribution >= 0.6 is 0 Å². The van der Waals surface area contributed by atoms with Crippen LogP contribution in [0.1, 0.15) is 13.8 Å². The van der Waals surface area contributed by atoms with Gasteiger partial charge in [-0.3, -0.25) is 4.79 Å². The number of rotatable bonds is 4. The lowest BCUT2D eigenvalue weighted by atomic mass is 10.3. The summed E-state index contributed by atoms with van der Waals surface area (Å²) in [6.45, 7) is 4.36. The van der Waals surface area contributed by atoms with Crippen LogP contribution in [-0.4, -0.2) is 28.0 Å². The van der Waals surface area contributed by atoms with Crippen molar-refractivity contribution in [1.29, 1.82) is 0 Å². The number of amides is 1. The highest BCUT2D eigenvalue weighted by atomic mass is 16.2. The molecule has 1 heterocycles. The minimum Gasteiger partial charge on any atom is -0.355 e. The Bertz CT molecular complexity index is 561. The zero-order chi connectivity index (χ0) is 13.1. The number of aryl methyl sites for hydroxylation is 1. The van der Waals surface area contributed by atoms with Crippen LogP contribution in [-0.2, 0) is 11.8 Å². The molecule has 96 valence electrons. The summed E-state index contributed by atoms with van der Waals surface area (Å²) in [4.78, 5) is 16.1. The van der Waals surface area contributed by atoms with E-state index in [0.717, 1.165) is 11.0 Å². The number of para-hydroxylation sites is 2. The molecule has 0 aliphatic rings. The van der Waals surface area contributed by atoms with Gasteiger partial charge in [-0.05, 0) is 26.0 Å². The summed E-state index contributed by atoms with van der Waals surface area (Å²) in [5.74, 6) is 0.680. The first-order valence-corrected chi connectivity index (χ1v) is 6.09. The first-order valence-electron chi connectivity index (χ1n) is 6.09. The minimum absolute atomic E-state index is 0.0236. The summed E-state index contributed by atoms with van der Waals surface area (Å²) < 4.78 is 1.95. The predicted octanol–water partition coefficient (Wildman–Crippen LogP) is 1.51. The third-order valence-electron chi connectivity index (χ3n) is 2.88. The Labute approximate surface area is 106 Å². The number of carbonyl (C=O) groups is 1. The highest BCUT2D eigenvalue weighted by molar-refractivity contribution is 5.85. The van der Waals surface area contributed by atoms with Crippen LogP contribution < -0.4 is 10.6 Å². The maximum Gasteiger partial charge on any atom is 0.242 e. The van der Waals surface area contributed by atoms with E-state index in [1.54, 1.807) is 0 Å². The van der Waals surface area contributed by atoms with Gasteiger partial charge in [-0.1, -0.05) is 12.1 Å². The average molecular weight is 246 g/mol. The van der Waals surface area contributed by atoms with E-state index in [9.17, 15) is 4.79 Å². The molecule has 5 heteroatoms. The van der Waals surface area contributed by atoms with E-state index in [2.05, 4.69) is 15.6 Å². The van der Waals surface area contributed by atoms with Gasteiger partial charge in [0.25, 0.3) is 0 Å². The van der Waals surface area contributed by atoms with Gasteiger partial charge in [-0.15, -0.1) is 0 Å². The number of carbonyl (C=O) groups excluding carboxylic acids is 1. The Morgan fingerprint density at radius 1 is 1.44 bits per heavy atom. The molecule has 1 aromatic heterocycles. The number of aromatic nitrogens is 2. The molecule has 2 N–H and O–H groups in total. The Hall–Kier alpha value is -2.04. The van der Waals surface area contributed by atoms with Crippen LogP contribution in [0.15, 0.2) is 24.3 Å². The molecule has 2 rings (SSSR count). The first-order chi connectivity index (χ1) is 8.63. The normalized spacial score (nSPS) is 12.4. The zero-order valence-corrected chi connectivity index (χ0v) is 10.9. The summed E-state index contributed by atoms with van der Waals surface area (Å²) >= 11 is 0. The molecule has 0 saturated heterocycles. The van der Waals surface area contributed by atoms with Gasteiger partial charge in [0.2, 0.25) is 11.9 Å². The lowest BCUT2D eigenvalue weighted by molar-refractivity contribution is -0.121. The van der Waals surface area contributed by atoms with Gasteiger partial charge < -0.3 is 15.2 Å². The van der Waals surface area contributed by atoms with Gasteiger partial charge in [0.05, 0.1) is 11.0 Å². The predicted molar refractivity (Wildman–Crippen MR) is 72.5 cm³/mol. The Balaban J connectivity index is 2.21. The molecule has 1 amide bonds. The molecule has 0 radical (unpaired) electrons. The van der Waals surface area contributed by atoms with Crippen molar-refractivity contribution in [2.45, 2.75) is 19.9 Å². The molecule has 0 aliphatic heterocycles. The van der Waals surface area contributed by atoms with Crippen molar-refractivity contribution >= 4 is 22.9 Å². The SMILES string of the molecule is CCNC(=O)C(C)Nc1nc2ccccc2n1C. The highest BCUT2D eigenvalue weighted by Gasteiger charge is 2.14. The van der Waals surface area contributed by atoms with Gasteiger partial charge in [-0.2, -0.15) is 0 Å². The topological polar surface area (TPSA) is 59.0 Å². The van der Waals surface area contributed by atoms with E-state index in [0.29, 0.717) is 12.5 Å². The number of nitrogens with one attached hydrogen (secondary N) is 2. The van der Waals surface area contributed by atoms with Gasteiger partial charge in [-0.25, -0.2) is 4.98 Å². The van der Waals surface area contributed by atoms with Crippen LogP contribution in [0.25, 0.3) is 11.0 Å². The van der Waals surface area contributed by atoms with Gasteiger partial charge in [0, 0.05) is 13.6 Å². The molecule has 1 unspecified atom stereocenters. The van der Waals surface area contributed by atoms with E-state index in [1.165, 1.54) is 0 Å². The van der Waals surface area contributed by atoms with E-state index < -0.39 is 0 Å². The molecule has 2 aromatic rings. The van der Waals surface area contributed by atoms with E-state index in [-0.39, 0.29) is 11.9 Å². The van der Waals surface area contributed by atoms with Crippen LogP contribution in [0.4, 0.5) is 5.95 Å². The summed E-state index contributed by atoms with van der Waals surface area (Å²) in [6.07, 6.45) is 0. The largest absolute Gasteiger partial charge is 0.355 e. The summed E-state index contributed by atoms with van der Waals surface area (Å²) in [5, 5.41) is 5.90. The Kier molecular flexibility index (Phi) is 3.50. The molecule has 1 atom stereocenters. The number of fused-ring (bicyclic) bond motifs is 1. The van der Waals surface area contributed by atoms with Crippen molar-refractivity contribution in [3.8, 4) is 0 Å². The molecule has 18 heavy (non-hydrogen) atoms. The fourth-order valence-corrected chi connectivity index (χ4v) is 1.86. The Morgan fingerprint density at radius 3 is 2.83 bits per heavy atom. The van der Waals surface area contributed by atoms with E-state index >= 15 is 0 Å². The summed E-state index contributed by atoms with van der Waals surface area (Å²) in [5.41, 5.74) is 1.97. The number of anilines is 1. The van der Waals surface area contributed by atoms with Gasteiger partial charge >= 0.3 is 0 Å². The number of likely N-dealkylation sites (N-methyl/N-ethyl adjacent to an activating group) is 1.